The lowest BCUT2D eigenvalue weighted by Crippen LogP contribution is -2.55. The zero-order chi connectivity index (χ0) is 19.3. The van der Waals surface area contributed by atoms with Gasteiger partial charge in [0.25, 0.3) is 0 Å². The summed E-state index contributed by atoms with van der Waals surface area (Å²) in [5.41, 5.74) is 0. The van der Waals surface area contributed by atoms with E-state index in [-0.39, 0.29) is 16.7 Å². The lowest BCUT2D eigenvalue weighted by Gasteiger charge is -2.45. The molecule has 27 heavy (non-hydrogen) atoms. The van der Waals surface area contributed by atoms with Crippen LogP contribution in [0.1, 0.15) is 84.5 Å². The van der Waals surface area contributed by atoms with Crippen LogP contribution in [0.15, 0.2) is 0 Å². The van der Waals surface area contributed by atoms with Crippen LogP contribution in [0.25, 0.3) is 0 Å². The van der Waals surface area contributed by atoms with Crippen LogP contribution in [-0.4, -0.2) is 51.9 Å². The summed E-state index contributed by atoms with van der Waals surface area (Å²) in [5.74, 6) is 2.27. The first-order valence-corrected chi connectivity index (χ1v) is 12.3. The Hall–Kier alpha value is -0.710. The van der Waals surface area contributed by atoms with Crippen LogP contribution in [0.3, 0.4) is 0 Å². The molecular formula is C22H38N2O2S. The normalized spacial score (nSPS) is 24.4. The average Bonchev–Trinajstić information content (AvgIpc) is 3.12. The van der Waals surface area contributed by atoms with Gasteiger partial charge in [-0.1, -0.05) is 46.0 Å². The molecule has 2 amide bonds. The summed E-state index contributed by atoms with van der Waals surface area (Å²) in [5, 5.41) is 0. The molecule has 0 aromatic carbocycles. The van der Waals surface area contributed by atoms with Gasteiger partial charge in [0.1, 0.15) is 0 Å². The van der Waals surface area contributed by atoms with E-state index in [1.165, 1.54) is 19.3 Å². The van der Waals surface area contributed by atoms with Crippen LogP contribution in [0.5, 0.6) is 0 Å². The second-order valence-electron chi connectivity index (χ2n) is 8.69. The Balaban J connectivity index is 1.59. The van der Waals surface area contributed by atoms with Crippen molar-refractivity contribution in [3.05, 3.63) is 0 Å². The zero-order valence-electron chi connectivity index (χ0n) is 17.4. The van der Waals surface area contributed by atoms with Crippen LogP contribution in [0, 0.1) is 11.8 Å². The summed E-state index contributed by atoms with van der Waals surface area (Å²) in [7, 11) is 0. The predicted octanol–water partition coefficient (Wildman–Crippen LogP) is 4.68. The van der Waals surface area contributed by atoms with Crippen LogP contribution in [-0.2, 0) is 9.59 Å². The van der Waals surface area contributed by atoms with E-state index in [1.807, 2.05) is 11.8 Å². The SMILES string of the molecule is CCCC[C@@H](CC)C(=O)N1CCC2(CC1)SCCN2C(=O)C1CCCCC1. The van der Waals surface area contributed by atoms with Gasteiger partial charge in [0.15, 0.2) is 0 Å². The third-order valence-electron chi connectivity index (χ3n) is 7.00. The Morgan fingerprint density at radius 3 is 2.41 bits per heavy atom. The number of thioether (sulfide) groups is 1. The van der Waals surface area contributed by atoms with Crippen molar-refractivity contribution in [2.24, 2.45) is 11.8 Å². The fourth-order valence-corrected chi connectivity index (χ4v) is 6.65. The van der Waals surface area contributed by atoms with Crippen molar-refractivity contribution < 1.29 is 9.59 Å². The molecule has 154 valence electrons. The first-order chi connectivity index (χ1) is 13.1. The standard InChI is InChI=1S/C22H38N2O2S/c1-3-5-9-18(4-2)20(25)23-14-12-22(13-15-23)24(16-17-27-22)21(26)19-10-7-6-8-11-19/h18-19H,3-17H2,1-2H3/t18-/m1/s1. The molecule has 5 heteroatoms. The molecule has 1 saturated carbocycles. The van der Waals surface area contributed by atoms with Crippen molar-refractivity contribution in [2.75, 3.05) is 25.4 Å². The first-order valence-electron chi connectivity index (χ1n) is 11.4. The molecule has 0 unspecified atom stereocenters. The van der Waals surface area contributed by atoms with E-state index < -0.39 is 0 Å². The number of amides is 2. The molecule has 1 atom stereocenters. The Morgan fingerprint density at radius 1 is 1.07 bits per heavy atom. The highest BCUT2D eigenvalue weighted by Gasteiger charge is 2.48. The first kappa shape index (κ1) is 21.0. The third-order valence-corrected chi connectivity index (χ3v) is 8.56. The number of carbonyl (C=O) groups is 2. The maximum atomic E-state index is 13.2. The maximum absolute atomic E-state index is 13.2. The quantitative estimate of drug-likeness (QED) is 0.657. The highest BCUT2D eigenvalue weighted by atomic mass is 32.2. The molecule has 0 N–H and O–H groups in total. The van der Waals surface area contributed by atoms with Gasteiger partial charge < -0.3 is 9.80 Å². The van der Waals surface area contributed by atoms with Gasteiger partial charge in [0.05, 0.1) is 4.87 Å². The van der Waals surface area contributed by atoms with Gasteiger partial charge in [-0.25, -0.2) is 0 Å². The Bertz CT molecular complexity index is 510. The minimum absolute atomic E-state index is 0.0313. The number of hydrogen-bond donors (Lipinski definition) is 0. The van der Waals surface area contributed by atoms with Crippen LogP contribution in [0.4, 0.5) is 0 Å². The van der Waals surface area contributed by atoms with Gasteiger partial charge in [-0.2, -0.15) is 0 Å². The van der Waals surface area contributed by atoms with E-state index in [0.717, 1.165) is 76.8 Å². The van der Waals surface area contributed by atoms with Crippen molar-refractivity contribution in [2.45, 2.75) is 89.3 Å². The number of nitrogens with zero attached hydrogens (tertiary/aromatic N) is 2. The second kappa shape index (κ2) is 9.67. The highest BCUT2D eigenvalue weighted by molar-refractivity contribution is 8.00. The lowest BCUT2D eigenvalue weighted by atomic mass is 9.87. The van der Waals surface area contributed by atoms with E-state index in [0.29, 0.717) is 11.8 Å². The number of hydrogen-bond acceptors (Lipinski definition) is 3. The predicted molar refractivity (Wildman–Crippen MR) is 113 cm³/mol. The molecule has 0 bridgehead atoms. The molecule has 2 aliphatic heterocycles. The molecule has 1 spiro atoms. The van der Waals surface area contributed by atoms with Crippen molar-refractivity contribution >= 4 is 23.6 Å². The molecule has 0 aromatic rings. The molecule has 1 aliphatic carbocycles. The van der Waals surface area contributed by atoms with E-state index in [4.69, 9.17) is 0 Å². The van der Waals surface area contributed by atoms with Gasteiger partial charge in [0.2, 0.25) is 11.8 Å². The van der Waals surface area contributed by atoms with Crippen LogP contribution in [0.2, 0.25) is 0 Å². The maximum Gasteiger partial charge on any atom is 0.226 e. The summed E-state index contributed by atoms with van der Waals surface area (Å²) < 4.78 is 0. The molecule has 3 aliphatic rings. The Morgan fingerprint density at radius 2 is 1.78 bits per heavy atom. The number of unbranched alkanes of at least 4 members (excludes halogenated alkanes) is 1. The van der Waals surface area contributed by atoms with Gasteiger partial charge in [0, 0.05) is 37.2 Å². The molecule has 0 radical (unpaired) electrons. The second-order valence-corrected chi connectivity index (χ2v) is 10.1. The van der Waals surface area contributed by atoms with Gasteiger partial charge in [-0.05, 0) is 38.5 Å². The van der Waals surface area contributed by atoms with Crippen molar-refractivity contribution in [1.82, 2.24) is 9.80 Å². The largest absolute Gasteiger partial charge is 0.342 e. The highest BCUT2D eigenvalue weighted by Crippen LogP contribution is 2.45. The van der Waals surface area contributed by atoms with Gasteiger partial charge in [-0.3, -0.25) is 9.59 Å². The number of rotatable bonds is 6. The molecular weight excluding hydrogens is 356 g/mol. The molecule has 0 aromatic heterocycles. The minimum Gasteiger partial charge on any atom is -0.342 e. The number of likely N-dealkylation sites (tertiary alicyclic amines) is 1. The smallest absolute Gasteiger partial charge is 0.226 e. The summed E-state index contributed by atoms with van der Waals surface area (Å²) in [6, 6.07) is 0. The average molecular weight is 395 g/mol. The monoisotopic (exact) mass is 394 g/mol. The summed E-state index contributed by atoms with van der Waals surface area (Å²) in [4.78, 5) is 30.4. The summed E-state index contributed by atoms with van der Waals surface area (Å²) in [6.07, 6.45) is 12.0. The summed E-state index contributed by atoms with van der Waals surface area (Å²) >= 11 is 1.97. The van der Waals surface area contributed by atoms with Gasteiger partial charge in [-0.15, -0.1) is 11.8 Å². The molecule has 3 fully saturated rings. The molecule has 2 saturated heterocycles. The molecule has 2 heterocycles. The zero-order valence-corrected chi connectivity index (χ0v) is 18.2. The van der Waals surface area contributed by atoms with Crippen LogP contribution < -0.4 is 0 Å². The van der Waals surface area contributed by atoms with E-state index >= 15 is 0 Å². The van der Waals surface area contributed by atoms with Gasteiger partial charge >= 0.3 is 0 Å². The van der Waals surface area contributed by atoms with Crippen molar-refractivity contribution in [1.29, 1.82) is 0 Å². The van der Waals surface area contributed by atoms with E-state index in [1.54, 1.807) is 0 Å². The van der Waals surface area contributed by atoms with Crippen LogP contribution >= 0.6 is 11.8 Å². The molecule has 3 rings (SSSR count). The minimum atomic E-state index is -0.0313. The topological polar surface area (TPSA) is 40.6 Å². The third kappa shape index (κ3) is 4.65. The Kier molecular flexibility index (Phi) is 7.52. The van der Waals surface area contributed by atoms with Crippen molar-refractivity contribution in [3.8, 4) is 0 Å². The van der Waals surface area contributed by atoms with Crippen molar-refractivity contribution in [3.63, 3.8) is 0 Å². The summed E-state index contributed by atoms with van der Waals surface area (Å²) in [6.45, 7) is 6.88. The number of carbonyl (C=O) groups excluding carboxylic acids is 2. The lowest BCUT2D eigenvalue weighted by molar-refractivity contribution is -0.142. The fraction of sp³-hybridized carbons (Fsp3) is 0.909. The number of piperidine rings is 1. The Labute approximate surface area is 169 Å². The fourth-order valence-electron chi connectivity index (χ4n) is 5.19. The van der Waals surface area contributed by atoms with E-state index in [9.17, 15) is 9.59 Å². The van der Waals surface area contributed by atoms with E-state index in [2.05, 4.69) is 23.6 Å². The molecule has 4 nitrogen and oxygen atoms in total.